The zero-order valence-electron chi connectivity index (χ0n) is 8.18. The predicted octanol–water partition coefficient (Wildman–Crippen LogP) is 3.08. The fraction of sp³-hybridized carbons (Fsp3) is 0.455. The molecule has 2 N–H and O–H groups in total. The van der Waals surface area contributed by atoms with E-state index < -0.39 is 0 Å². The van der Waals surface area contributed by atoms with Crippen molar-refractivity contribution in [2.24, 2.45) is 5.73 Å². The van der Waals surface area contributed by atoms with Crippen molar-refractivity contribution in [3.05, 3.63) is 34.3 Å². The molecule has 0 aromatic heterocycles. The maximum Gasteiger partial charge on any atom is 0.0175 e. The molecule has 1 aromatic carbocycles. The minimum Gasteiger partial charge on any atom is -0.330 e. The van der Waals surface area contributed by atoms with E-state index >= 15 is 0 Å². The van der Waals surface area contributed by atoms with E-state index in [9.17, 15) is 0 Å². The third kappa shape index (κ3) is 2.82. The minimum atomic E-state index is 0.190. The van der Waals surface area contributed by atoms with Crippen LogP contribution in [0.4, 0.5) is 0 Å². The van der Waals surface area contributed by atoms with E-state index in [1.54, 1.807) is 0 Å². The van der Waals surface area contributed by atoms with Gasteiger partial charge in [0, 0.05) is 4.47 Å². The van der Waals surface area contributed by atoms with Crippen molar-refractivity contribution in [2.45, 2.75) is 25.7 Å². The molecule has 0 fully saturated rings. The maximum absolute atomic E-state index is 5.57. The van der Waals surface area contributed by atoms with E-state index in [1.165, 1.54) is 5.56 Å². The van der Waals surface area contributed by atoms with Crippen molar-refractivity contribution in [3.63, 3.8) is 0 Å². The Kier molecular flexibility index (Phi) is 3.51. The van der Waals surface area contributed by atoms with Crippen LogP contribution in [0, 0.1) is 0 Å². The molecule has 1 nitrogen and oxygen atoms in total. The molecule has 0 saturated heterocycles. The second-order valence-electron chi connectivity index (χ2n) is 3.93. The van der Waals surface area contributed by atoms with E-state index in [0.717, 1.165) is 17.4 Å². The molecular formula is C11H16BrN. The van der Waals surface area contributed by atoms with E-state index in [-0.39, 0.29) is 5.41 Å². The number of rotatable bonds is 3. The van der Waals surface area contributed by atoms with Gasteiger partial charge in [-0.05, 0) is 36.1 Å². The molecule has 0 saturated carbocycles. The Balaban J connectivity index is 2.87. The molecule has 0 bridgehead atoms. The summed E-state index contributed by atoms with van der Waals surface area (Å²) in [5, 5.41) is 0. The van der Waals surface area contributed by atoms with Crippen LogP contribution in [0.1, 0.15) is 25.8 Å². The highest BCUT2D eigenvalue weighted by atomic mass is 79.9. The summed E-state index contributed by atoms with van der Waals surface area (Å²) in [7, 11) is 0. The number of benzene rings is 1. The first-order valence-electron chi connectivity index (χ1n) is 4.52. The standard InChI is InChI=1S/C11H16BrN/c1-11(2,7-8-13)9-3-5-10(12)6-4-9/h3-6H,7-8,13H2,1-2H3. The van der Waals surface area contributed by atoms with Crippen molar-refractivity contribution in [1.82, 2.24) is 0 Å². The Labute approximate surface area is 88.5 Å². The molecule has 0 aliphatic carbocycles. The van der Waals surface area contributed by atoms with Crippen LogP contribution in [0.3, 0.4) is 0 Å². The molecule has 1 rings (SSSR count). The molecule has 0 radical (unpaired) electrons. The Morgan fingerprint density at radius 2 is 1.77 bits per heavy atom. The Morgan fingerprint density at radius 1 is 1.23 bits per heavy atom. The molecule has 0 spiro atoms. The van der Waals surface area contributed by atoms with Gasteiger partial charge >= 0.3 is 0 Å². The Bertz CT molecular complexity index is 264. The van der Waals surface area contributed by atoms with Crippen LogP contribution in [-0.4, -0.2) is 6.54 Å². The summed E-state index contributed by atoms with van der Waals surface area (Å²) < 4.78 is 1.12. The predicted molar refractivity (Wildman–Crippen MR) is 60.8 cm³/mol. The van der Waals surface area contributed by atoms with Crippen molar-refractivity contribution in [3.8, 4) is 0 Å². The van der Waals surface area contributed by atoms with Crippen molar-refractivity contribution < 1.29 is 0 Å². The van der Waals surface area contributed by atoms with Gasteiger partial charge in [0.25, 0.3) is 0 Å². The van der Waals surface area contributed by atoms with Crippen molar-refractivity contribution in [1.29, 1.82) is 0 Å². The summed E-state index contributed by atoms with van der Waals surface area (Å²) in [6.45, 7) is 5.19. The summed E-state index contributed by atoms with van der Waals surface area (Å²) in [4.78, 5) is 0. The molecule has 0 aliphatic rings. The van der Waals surface area contributed by atoms with Gasteiger partial charge in [-0.3, -0.25) is 0 Å². The lowest BCUT2D eigenvalue weighted by Gasteiger charge is -2.24. The van der Waals surface area contributed by atoms with Crippen LogP contribution in [-0.2, 0) is 5.41 Å². The summed E-state index contributed by atoms with van der Waals surface area (Å²) in [6, 6.07) is 8.46. The van der Waals surface area contributed by atoms with Gasteiger partial charge in [-0.15, -0.1) is 0 Å². The molecule has 13 heavy (non-hydrogen) atoms. The second-order valence-corrected chi connectivity index (χ2v) is 4.85. The molecule has 0 heterocycles. The fourth-order valence-electron chi connectivity index (χ4n) is 1.41. The Hall–Kier alpha value is -0.340. The van der Waals surface area contributed by atoms with Crippen molar-refractivity contribution >= 4 is 15.9 Å². The first kappa shape index (κ1) is 10.7. The highest BCUT2D eigenvalue weighted by Gasteiger charge is 2.18. The highest BCUT2D eigenvalue weighted by Crippen LogP contribution is 2.27. The van der Waals surface area contributed by atoms with E-state index in [0.29, 0.717) is 0 Å². The summed E-state index contributed by atoms with van der Waals surface area (Å²) in [6.07, 6.45) is 1.02. The molecule has 0 atom stereocenters. The van der Waals surface area contributed by atoms with Gasteiger partial charge in [-0.25, -0.2) is 0 Å². The molecule has 0 amide bonds. The molecule has 0 unspecified atom stereocenters. The summed E-state index contributed by atoms with van der Waals surface area (Å²) in [5.41, 5.74) is 7.11. The van der Waals surface area contributed by atoms with Gasteiger partial charge in [-0.2, -0.15) is 0 Å². The first-order chi connectivity index (χ1) is 6.06. The average molecular weight is 242 g/mol. The van der Waals surface area contributed by atoms with Crippen LogP contribution >= 0.6 is 15.9 Å². The first-order valence-corrected chi connectivity index (χ1v) is 5.32. The van der Waals surface area contributed by atoms with E-state index in [4.69, 9.17) is 5.73 Å². The number of halogens is 1. The number of hydrogen-bond donors (Lipinski definition) is 1. The molecule has 72 valence electrons. The minimum absolute atomic E-state index is 0.190. The third-order valence-corrected chi connectivity index (χ3v) is 2.92. The van der Waals surface area contributed by atoms with Crippen LogP contribution in [0.5, 0.6) is 0 Å². The Morgan fingerprint density at radius 3 is 2.23 bits per heavy atom. The van der Waals surface area contributed by atoms with Gasteiger partial charge in [0.05, 0.1) is 0 Å². The lowest BCUT2D eigenvalue weighted by Crippen LogP contribution is -2.21. The van der Waals surface area contributed by atoms with Crippen LogP contribution in [0.15, 0.2) is 28.7 Å². The zero-order valence-corrected chi connectivity index (χ0v) is 9.76. The zero-order chi connectivity index (χ0) is 9.90. The van der Waals surface area contributed by atoms with Gasteiger partial charge in [-0.1, -0.05) is 41.9 Å². The number of nitrogens with two attached hydrogens (primary N) is 1. The lowest BCUT2D eigenvalue weighted by atomic mass is 9.82. The fourth-order valence-corrected chi connectivity index (χ4v) is 1.67. The molecular weight excluding hydrogens is 226 g/mol. The quantitative estimate of drug-likeness (QED) is 0.866. The smallest absolute Gasteiger partial charge is 0.0175 e. The third-order valence-electron chi connectivity index (χ3n) is 2.40. The topological polar surface area (TPSA) is 26.0 Å². The maximum atomic E-state index is 5.57. The van der Waals surface area contributed by atoms with Gasteiger partial charge in [0.15, 0.2) is 0 Å². The van der Waals surface area contributed by atoms with Crippen LogP contribution in [0.25, 0.3) is 0 Å². The lowest BCUT2D eigenvalue weighted by molar-refractivity contribution is 0.487. The summed E-state index contributed by atoms with van der Waals surface area (Å²) in [5.74, 6) is 0. The molecule has 0 aliphatic heterocycles. The normalized spacial score (nSPS) is 11.7. The largest absolute Gasteiger partial charge is 0.330 e. The number of hydrogen-bond acceptors (Lipinski definition) is 1. The highest BCUT2D eigenvalue weighted by molar-refractivity contribution is 9.10. The monoisotopic (exact) mass is 241 g/mol. The second kappa shape index (κ2) is 4.25. The van der Waals surface area contributed by atoms with E-state index in [2.05, 4.69) is 54.0 Å². The van der Waals surface area contributed by atoms with E-state index in [1.807, 2.05) is 0 Å². The average Bonchev–Trinajstić information content (AvgIpc) is 2.05. The van der Waals surface area contributed by atoms with Gasteiger partial charge in [0.1, 0.15) is 0 Å². The molecule has 2 heteroatoms. The van der Waals surface area contributed by atoms with Gasteiger partial charge < -0.3 is 5.73 Å². The molecule has 1 aromatic rings. The van der Waals surface area contributed by atoms with Gasteiger partial charge in [0.2, 0.25) is 0 Å². The van der Waals surface area contributed by atoms with Crippen LogP contribution < -0.4 is 5.73 Å². The van der Waals surface area contributed by atoms with Crippen molar-refractivity contribution in [2.75, 3.05) is 6.54 Å². The summed E-state index contributed by atoms with van der Waals surface area (Å²) >= 11 is 3.43. The SMILES string of the molecule is CC(C)(CCN)c1ccc(Br)cc1. The van der Waals surface area contributed by atoms with Crippen LogP contribution in [0.2, 0.25) is 0 Å².